The number of nitrogens with one attached hydrogen (secondary N) is 2. The van der Waals surface area contributed by atoms with Crippen molar-refractivity contribution in [1.82, 2.24) is 5.32 Å². The van der Waals surface area contributed by atoms with Crippen molar-refractivity contribution in [1.29, 1.82) is 0 Å². The summed E-state index contributed by atoms with van der Waals surface area (Å²) < 4.78 is 35.5. The summed E-state index contributed by atoms with van der Waals surface area (Å²) in [4.78, 5) is 4.23. The van der Waals surface area contributed by atoms with Gasteiger partial charge in [-0.15, -0.1) is 24.0 Å². The highest BCUT2D eigenvalue weighted by Gasteiger charge is 2.17. The molecule has 0 fully saturated rings. The van der Waals surface area contributed by atoms with Gasteiger partial charge in [0.25, 0.3) is 0 Å². The molecule has 164 valence electrons. The van der Waals surface area contributed by atoms with Crippen LogP contribution < -0.4 is 24.8 Å². The summed E-state index contributed by atoms with van der Waals surface area (Å²) in [5, 5.41) is 6.44. The molecule has 0 saturated carbocycles. The zero-order valence-corrected chi connectivity index (χ0v) is 19.6. The van der Waals surface area contributed by atoms with Crippen LogP contribution in [0.2, 0.25) is 0 Å². The van der Waals surface area contributed by atoms with Crippen molar-refractivity contribution in [3.8, 4) is 17.2 Å². The summed E-state index contributed by atoms with van der Waals surface area (Å²) in [6.07, 6.45) is 0.577. The molecule has 1 aliphatic heterocycles. The molecule has 1 aliphatic rings. The Balaban J connectivity index is 0.00000320. The number of ether oxygens (including phenoxy) is 4. The number of aliphatic imine (C=N–C) groups is 1. The molecule has 1 heterocycles. The summed E-state index contributed by atoms with van der Waals surface area (Å²) in [7, 11) is 3.28. The van der Waals surface area contributed by atoms with Gasteiger partial charge in [-0.05, 0) is 43.2 Å². The average molecular weight is 531 g/mol. The zero-order valence-electron chi connectivity index (χ0n) is 17.3. The van der Waals surface area contributed by atoms with E-state index in [4.69, 9.17) is 18.9 Å². The molecular weight excluding hydrogens is 504 g/mol. The van der Waals surface area contributed by atoms with E-state index in [9.17, 15) is 4.39 Å². The molecule has 3 rings (SSSR count). The standard InChI is InChI=1S/C21H26FN3O4.HI/c1-4-28-18-6-5-17(11-19(18)26-3)25-21(23-2)24-8-7-14-9-16(22)10-15-12-27-13-29-20(14)15;/h5-6,9-11H,4,7-8,12-13H2,1-3H3,(H2,23,24,25);1H. The highest BCUT2D eigenvalue weighted by Crippen LogP contribution is 2.31. The highest BCUT2D eigenvalue weighted by atomic mass is 127. The normalized spacial score (nSPS) is 12.9. The van der Waals surface area contributed by atoms with Gasteiger partial charge in [0.2, 0.25) is 0 Å². The molecule has 2 aromatic carbocycles. The van der Waals surface area contributed by atoms with Crippen molar-refractivity contribution in [3.05, 3.63) is 47.3 Å². The van der Waals surface area contributed by atoms with Gasteiger partial charge in [0.05, 0.1) is 20.3 Å². The van der Waals surface area contributed by atoms with Gasteiger partial charge in [0.15, 0.2) is 24.3 Å². The van der Waals surface area contributed by atoms with E-state index in [-0.39, 0.29) is 36.6 Å². The summed E-state index contributed by atoms with van der Waals surface area (Å²) in [6.45, 7) is 3.57. The van der Waals surface area contributed by atoms with Crippen LogP contribution >= 0.6 is 24.0 Å². The third-order valence-corrected chi connectivity index (χ3v) is 4.39. The number of hydrogen-bond acceptors (Lipinski definition) is 5. The van der Waals surface area contributed by atoms with E-state index >= 15 is 0 Å². The number of halogens is 2. The lowest BCUT2D eigenvalue weighted by atomic mass is 10.1. The van der Waals surface area contributed by atoms with E-state index in [1.807, 2.05) is 25.1 Å². The first-order valence-corrected chi connectivity index (χ1v) is 9.45. The second-order valence-corrected chi connectivity index (χ2v) is 6.34. The topological polar surface area (TPSA) is 73.3 Å². The fourth-order valence-electron chi connectivity index (χ4n) is 3.09. The number of rotatable bonds is 7. The van der Waals surface area contributed by atoms with Crippen LogP contribution in [-0.2, 0) is 17.8 Å². The molecule has 0 radical (unpaired) electrons. The number of methoxy groups -OCH3 is 1. The Morgan fingerprint density at radius 1 is 1.23 bits per heavy atom. The van der Waals surface area contributed by atoms with Crippen molar-refractivity contribution in [2.75, 3.05) is 39.4 Å². The molecule has 30 heavy (non-hydrogen) atoms. The van der Waals surface area contributed by atoms with Crippen molar-refractivity contribution in [2.45, 2.75) is 20.0 Å². The zero-order chi connectivity index (χ0) is 20.6. The van der Waals surface area contributed by atoms with Crippen LogP contribution in [0.3, 0.4) is 0 Å². The molecule has 0 aromatic heterocycles. The molecule has 0 atom stereocenters. The maximum absolute atomic E-state index is 13.9. The predicted molar refractivity (Wildman–Crippen MR) is 125 cm³/mol. The average Bonchev–Trinajstić information content (AvgIpc) is 2.73. The Kier molecular flexibility index (Phi) is 9.44. The van der Waals surface area contributed by atoms with E-state index < -0.39 is 0 Å². The lowest BCUT2D eigenvalue weighted by molar-refractivity contribution is -0.0172. The molecule has 7 nitrogen and oxygen atoms in total. The molecule has 9 heteroatoms. The molecule has 0 spiro atoms. The molecule has 0 aliphatic carbocycles. The summed E-state index contributed by atoms with van der Waals surface area (Å²) in [6, 6.07) is 8.52. The number of hydrogen-bond donors (Lipinski definition) is 2. The first kappa shape index (κ1) is 24.0. The number of benzene rings is 2. The van der Waals surface area contributed by atoms with Crippen molar-refractivity contribution in [3.63, 3.8) is 0 Å². The van der Waals surface area contributed by atoms with Gasteiger partial charge < -0.3 is 29.6 Å². The minimum Gasteiger partial charge on any atom is -0.493 e. The maximum atomic E-state index is 13.9. The number of anilines is 1. The van der Waals surface area contributed by atoms with E-state index in [1.165, 1.54) is 12.1 Å². The number of nitrogens with zero attached hydrogens (tertiary/aromatic N) is 1. The van der Waals surface area contributed by atoms with Gasteiger partial charge in [0, 0.05) is 30.9 Å². The number of fused-ring (bicyclic) bond motifs is 1. The van der Waals surface area contributed by atoms with Gasteiger partial charge in [-0.25, -0.2) is 4.39 Å². The largest absolute Gasteiger partial charge is 0.493 e. The fraction of sp³-hybridized carbons (Fsp3) is 0.381. The summed E-state index contributed by atoms with van der Waals surface area (Å²) >= 11 is 0. The quantitative estimate of drug-likeness (QED) is 0.321. The predicted octanol–water partition coefficient (Wildman–Crippen LogP) is 3.95. The maximum Gasteiger partial charge on any atom is 0.195 e. The van der Waals surface area contributed by atoms with Crippen LogP contribution in [0.15, 0.2) is 35.3 Å². The Bertz CT molecular complexity index is 880. The van der Waals surface area contributed by atoms with Crippen LogP contribution in [0.1, 0.15) is 18.1 Å². The van der Waals surface area contributed by atoms with Crippen LogP contribution in [0, 0.1) is 5.82 Å². The first-order valence-electron chi connectivity index (χ1n) is 9.45. The van der Waals surface area contributed by atoms with E-state index in [0.717, 1.165) is 16.8 Å². The van der Waals surface area contributed by atoms with Crippen LogP contribution in [-0.4, -0.2) is 40.1 Å². The second kappa shape index (κ2) is 11.8. The molecular formula is C21H27FIN3O4. The summed E-state index contributed by atoms with van der Waals surface area (Å²) in [5.41, 5.74) is 2.34. The minimum atomic E-state index is -0.295. The van der Waals surface area contributed by atoms with Crippen molar-refractivity contribution < 1.29 is 23.3 Å². The fourth-order valence-corrected chi connectivity index (χ4v) is 3.09. The Hall–Kier alpha value is -2.27. The van der Waals surface area contributed by atoms with Gasteiger partial charge in [-0.3, -0.25) is 4.99 Å². The Labute approximate surface area is 193 Å². The van der Waals surface area contributed by atoms with E-state index in [1.54, 1.807) is 14.2 Å². The molecule has 0 bridgehead atoms. The van der Waals surface area contributed by atoms with Crippen molar-refractivity contribution in [2.24, 2.45) is 4.99 Å². The first-order chi connectivity index (χ1) is 14.1. The highest BCUT2D eigenvalue weighted by molar-refractivity contribution is 14.0. The van der Waals surface area contributed by atoms with Crippen LogP contribution in [0.4, 0.5) is 10.1 Å². The molecule has 0 unspecified atom stereocenters. The minimum absolute atomic E-state index is 0. The van der Waals surface area contributed by atoms with Gasteiger partial charge >= 0.3 is 0 Å². The molecule has 0 saturated heterocycles. The van der Waals surface area contributed by atoms with Crippen LogP contribution in [0.25, 0.3) is 0 Å². The number of guanidine groups is 1. The lowest BCUT2D eigenvalue weighted by Gasteiger charge is -2.21. The van der Waals surface area contributed by atoms with Crippen molar-refractivity contribution >= 4 is 35.6 Å². The van der Waals surface area contributed by atoms with Crippen LogP contribution in [0.5, 0.6) is 17.2 Å². The third kappa shape index (κ3) is 6.11. The smallest absolute Gasteiger partial charge is 0.195 e. The molecule has 0 amide bonds. The van der Waals surface area contributed by atoms with Gasteiger partial charge in [0.1, 0.15) is 11.6 Å². The van der Waals surface area contributed by atoms with Gasteiger partial charge in [-0.2, -0.15) is 0 Å². The van der Waals surface area contributed by atoms with E-state index in [0.29, 0.717) is 49.4 Å². The molecule has 2 N–H and O–H groups in total. The third-order valence-electron chi connectivity index (χ3n) is 4.39. The monoisotopic (exact) mass is 531 g/mol. The Morgan fingerprint density at radius 2 is 2.07 bits per heavy atom. The lowest BCUT2D eigenvalue weighted by Crippen LogP contribution is -2.32. The molecule has 2 aromatic rings. The SMILES string of the molecule is CCOc1ccc(NC(=NC)NCCc2cc(F)cc3c2OCOC3)cc1OC.I. The van der Waals surface area contributed by atoms with E-state index in [2.05, 4.69) is 15.6 Å². The second-order valence-electron chi connectivity index (χ2n) is 6.34. The van der Waals surface area contributed by atoms with Gasteiger partial charge in [-0.1, -0.05) is 0 Å². The summed E-state index contributed by atoms with van der Waals surface area (Å²) in [5.74, 6) is 2.32. The Morgan fingerprint density at radius 3 is 2.80 bits per heavy atom.